The largest absolute Gasteiger partial charge is 0.373 e. The van der Waals surface area contributed by atoms with Gasteiger partial charge in [0.25, 0.3) is 0 Å². The Labute approximate surface area is 126 Å². The fourth-order valence-electron chi connectivity index (χ4n) is 3.05. The summed E-state index contributed by atoms with van der Waals surface area (Å²) < 4.78 is 5.88. The molecule has 2 aliphatic rings. The van der Waals surface area contributed by atoms with E-state index in [-0.39, 0.29) is 0 Å². The first-order valence-electron chi connectivity index (χ1n) is 7.86. The highest BCUT2D eigenvalue weighted by atomic mass is 16.5. The molecular formula is C16H24N4O. The number of nitrogens with one attached hydrogen (secondary N) is 2. The average Bonchev–Trinajstić information content (AvgIpc) is 3.09. The number of aryl methyl sites for hydroxylation is 1. The molecule has 2 N–H and O–H groups in total. The number of rotatable bonds is 4. The number of guanidine groups is 1. The van der Waals surface area contributed by atoms with Crippen LogP contribution in [0.15, 0.2) is 23.3 Å². The molecule has 2 saturated heterocycles. The van der Waals surface area contributed by atoms with Gasteiger partial charge in [0, 0.05) is 18.4 Å². The minimum Gasteiger partial charge on any atom is -0.373 e. The van der Waals surface area contributed by atoms with Crippen LogP contribution in [0.25, 0.3) is 0 Å². The van der Waals surface area contributed by atoms with E-state index < -0.39 is 0 Å². The van der Waals surface area contributed by atoms with Gasteiger partial charge in [0.1, 0.15) is 0 Å². The van der Waals surface area contributed by atoms with E-state index in [9.17, 15) is 0 Å². The Hall–Kier alpha value is -1.62. The molecule has 3 heterocycles. The van der Waals surface area contributed by atoms with Crippen molar-refractivity contribution >= 4 is 5.96 Å². The second-order valence-corrected chi connectivity index (χ2v) is 5.86. The van der Waals surface area contributed by atoms with Crippen LogP contribution < -0.4 is 10.6 Å². The van der Waals surface area contributed by atoms with Gasteiger partial charge in [-0.1, -0.05) is 6.07 Å². The van der Waals surface area contributed by atoms with Crippen LogP contribution in [0.5, 0.6) is 0 Å². The molecule has 0 radical (unpaired) electrons. The smallest absolute Gasteiger partial charge is 0.191 e. The molecule has 1 aromatic heterocycles. The van der Waals surface area contributed by atoms with Crippen LogP contribution in [0.1, 0.15) is 37.4 Å². The Morgan fingerprint density at radius 3 is 2.95 bits per heavy atom. The first-order valence-corrected chi connectivity index (χ1v) is 7.86. The fraction of sp³-hybridized carbons (Fsp3) is 0.625. The fourth-order valence-corrected chi connectivity index (χ4v) is 3.05. The molecule has 3 rings (SSSR count). The molecule has 5 nitrogen and oxygen atoms in total. The van der Waals surface area contributed by atoms with E-state index in [1.54, 1.807) is 0 Å². The van der Waals surface area contributed by atoms with Crippen LogP contribution in [0, 0.1) is 6.92 Å². The van der Waals surface area contributed by atoms with Gasteiger partial charge < -0.3 is 15.4 Å². The highest BCUT2D eigenvalue weighted by Crippen LogP contribution is 2.34. The summed E-state index contributed by atoms with van der Waals surface area (Å²) in [6, 6.07) is 4.50. The van der Waals surface area contributed by atoms with Gasteiger partial charge in [0.05, 0.1) is 24.8 Å². The Balaban J connectivity index is 1.60. The maximum Gasteiger partial charge on any atom is 0.191 e. The first kappa shape index (κ1) is 14.3. The molecule has 5 heteroatoms. The minimum atomic E-state index is 0.361. The monoisotopic (exact) mass is 288 g/mol. The normalized spacial score (nSPS) is 27.9. The van der Waals surface area contributed by atoms with Crippen LogP contribution in [-0.4, -0.2) is 35.7 Å². The molecular weight excluding hydrogens is 264 g/mol. The summed E-state index contributed by atoms with van der Waals surface area (Å²) in [5, 5.41) is 6.84. The number of hydrogen-bond acceptors (Lipinski definition) is 3. The second kappa shape index (κ2) is 6.43. The third-order valence-corrected chi connectivity index (χ3v) is 4.16. The van der Waals surface area contributed by atoms with E-state index in [4.69, 9.17) is 4.74 Å². The predicted molar refractivity (Wildman–Crippen MR) is 83.2 cm³/mol. The maximum atomic E-state index is 5.88. The summed E-state index contributed by atoms with van der Waals surface area (Å²) in [7, 11) is 0. The number of nitrogens with zero attached hydrogens (tertiary/aromatic N) is 2. The van der Waals surface area contributed by atoms with Gasteiger partial charge in [-0.15, -0.1) is 0 Å². The van der Waals surface area contributed by atoms with Crippen molar-refractivity contribution in [2.45, 2.75) is 57.9 Å². The van der Waals surface area contributed by atoms with Gasteiger partial charge in [0.15, 0.2) is 5.96 Å². The molecule has 0 amide bonds. The number of pyridine rings is 1. The lowest BCUT2D eigenvalue weighted by molar-refractivity contribution is 0.0992. The van der Waals surface area contributed by atoms with Crippen molar-refractivity contribution in [1.82, 2.24) is 15.6 Å². The van der Waals surface area contributed by atoms with E-state index >= 15 is 0 Å². The van der Waals surface area contributed by atoms with Gasteiger partial charge in [-0.2, -0.15) is 0 Å². The van der Waals surface area contributed by atoms with E-state index in [2.05, 4.69) is 33.6 Å². The zero-order chi connectivity index (χ0) is 14.7. The SMILES string of the molecule is CCNC(=NCc1ccc(C)nc1)NC1CC2CCC1O2. The van der Waals surface area contributed by atoms with Crippen LogP contribution in [-0.2, 0) is 11.3 Å². The standard InChI is InChI=1S/C16H24N4O/c1-3-17-16(19-10-12-5-4-11(2)18-9-12)20-14-8-13-6-7-15(14)21-13/h4-5,9,13-15H,3,6-8,10H2,1-2H3,(H2,17,19,20). The van der Waals surface area contributed by atoms with Crippen LogP contribution >= 0.6 is 0 Å². The van der Waals surface area contributed by atoms with Gasteiger partial charge in [-0.05, 0) is 44.7 Å². The summed E-state index contributed by atoms with van der Waals surface area (Å²) in [6.07, 6.45) is 6.19. The number of aliphatic imine (C=N–C) groups is 1. The molecule has 0 aromatic carbocycles. The van der Waals surface area contributed by atoms with Crippen molar-refractivity contribution in [3.05, 3.63) is 29.6 Å². The van der Waals surface area contributed by atoms with Crippen LogP contribution in [0.4, 0.5) is 0 Å². The first-order chi connectivity index (χ1) is 10.2. The molecule has 2 aliphatic heterocycles. The van der Waals surface area contributed by atoms with Gasteiger partial charge in [-0.3, -0.25) is 4.98 Å². The third kappa shape index (κ3) is 3.53. The van der Waals surface area contributed by atoms with Crippen LogP contribution in [0.3, 0.4) is 0 Å². The van der Waals surface area contributed by atoms with Crippen molar-refractivity contribution in [2.75, 3.05) is 6.54 Å². The molecule has 21 heavy (non-hydrogen) atoms. The molecule has 2 fully saturated rings. The predicted octanol–water partition coefficient (Wildman–Crippen LogP) is 1.77. The lowest BCUT2D eigenvalue weighted by atomic mass is 9.96. The summed E-state index contributed by atoms with van der Waals surface area (Å²) in [6.45, 7) is 5.58. The molecule has 3 unspecified atom stereocenters. The Morgan fingerprint density at radius 1 is 1.43 bits per heavy atom. The number of hydrogen-bond donors (Lipinski definition) is 2. The maximum absolute atomic E-state index is 5.88. The Bertz CT molecular complexity index is 500. The third-order valence-electron chi connectivity index (χ3n) is 4.16. The molecule has 114 valence electrons. The van der Waals surface area contributed by atoms with E-state index in [1.807, 2.05) is 19.2 Å². The summed E-state index contributed by atoms with van der Waals surface area (Å²) in [5.74, 6) is 0.874. The summed E-state index contributed by atoms with van der Waals surface area (Å²) in [5.41, 5.74) is 2.16. The van der Waals surface area contributed by atoms with Gasteiger partial charge in [0.2, 0.25) is 0 Å². The number of fused-ring (bicyclic) bond motifs is 2. The van der Waals surface area contributed by atoms with Crippen molar-refractivity contribution in [3.63, 3.8) is 0 Å². The Kier molecular flexibility index (Phi) is 4.39. The molecule has 3 atom stereocenters. The van der Waals surface area contributed by atoms with Crippen LogP contribution in [0.2, 0.25) is 0 Å². The zero-order valence-electron chi connectivity index (χ0n) is 12.8. The van der Waals surface area contributed by atoms with Crippen molar-refractivity contribution in [1.29, 1.82) is 0 Å². The van der Waals surface area contributed by atoms with Crippen molar-refractivity contribution < 1.29 is 4.74 Å². The van der Waals surface area contributed by atoms with E-state index in [0.717, 1.165) is 30.2 Å². The topological polar surface area (TPSA) is 58.5 Å². The second-order valence-electron chi connectivity index (χ2n) is 5.86. The van der Waals surface area contributed by atoms with Gasteiger partial charge >= 0.3 is 0 Å². The number of aromatic nitrogens is 1. The average molecular weight is 288 g/mol. The Morgan fingerprint density at radius 2 is 2.33 bits per heavy atom. The van der Waals surface area contributed by atoms with Crippen molar-refractivity contribution in [3.8, 4) is 0 Å². The number of ether oxygens (including phenoxy) is 1. The van der Waals surface area contributed by atoms with Gasteiger partial charge in [-0.25, -0.2) is 4.99 Å². The molecule has 1 aromatic rings. The molecule has 0 spiro atoms. The lowest BCUT2D eigenvalue weighted by Crippen LogP contribution is -2.47. The summed E-state index contributed by atoms with van der Waals surface area (Å²) in [4.78, 5) is 8.97. The highest BCUT2D eigenvalue weighted by Gasteiger charge is 2.41. The van der Waals surface area contributed by atoms with E-state index in [0.29, 0.717) is 24.8 Å². The molecule has 2 bridgehead atoms. The quantitative estimate of drug-likeness (QED) is 0.655. The minimum absolute atomic E-state index is 0.361. The lowest BCUT2D eigenvalue weighted by Gasteiger charge is -2.22. The van der Waals surface area contributed by atoms with E-state index in [1.165, 1.54) is 12.8 Å². The van der Waals surface area contributed by atoms with Crippen molar-refractivity contribution in [2.24, 2.45) is 4.99 Å². The molecule has 0 aliphatic carbocycles. The highest BCUT2D eigenvalue weighted by molar-refractivity contribution is 5.80. The summed E-state index contributed by atoms with van der Waals surface area (Å²) >= 11 is 0. The zero-order valence-corrected chi connectivity index (χ0v) is 12.8. The molecule has 0 saturated carbocycles.